The van der Waals surface area contributed by atoms with Crippen molar-refractivity contribution in [3.8, 4) is 0 Å². The molecule has 1 N–H and O–H groups in total. The summed E-state index contributed by atoms with van der Waals surface area (Å²) in [6.07, 6.45) is 2.78. The van der Waals surface area contributed by atoms with Crippen LogP contribution in [-0.2, 0) is 14.8 Å². The number of nitro groups is 1. The Labute approximate surface area is 171 Å². The minimum atomic E-state index is -3.92. The average Bonchev–Trinajstić information content (AvgIpc) is 2.65. The third-order valence-electron chi connectivity index (χ3n) is 5.27. The zero-order valence-corrected chi connectivity index (χ0v) is 17.9. The van der Waals surface area contributed by atoms with Crippen LogP contribution >= 0.6 is 0 Å². The number of nitrogens with one attached hydrogen (secondary N) is 1. The van der Waals surface area contributed by atoms with Crippen LogP contribution in [0.2, 0.25) is 0 Å². The quantitative estimate of drug-likeness (QED) is 0.573. The van der Waals surface area contributed by atoms with Crippen molar-refractivity contribution >= 4 is 27.1 Å². The van der Waals surface area contributed by atoms with Gasteiger partial charge in [-0.25, -0.2) is 8.42 Å². The van der Waals surface area contributed by atoms with Gasteiger partial charge < -0.3 is 4.74 Å². The van der Waals surface area contributed by atoms with E-state index in [1.165, 1.54) is 16.4 Å². The molecule has 29 heavy (non-hydrogen) atoms. The standard InChI is InChI=1S/C19H28N4O5S/c1-14-10-15(13-19(2,3)12-14)20-21-17-5-4-16(23(24)25)11-18(17)29(26,27)22-6-8-28-9-7-22/h4-5,11,14,21H,6-10,12-13H2,1-3H3/b20-15-/t14-/m0/s1. The number of rotatable bonds is 5. The van der Waals surface area contributed by atoms with Crippen LogP contribution in [0.4, 0.5) is 11.4 Å². The van der Waals surface area contributed by atoms with Gasteiger partial charge in [-0.2, -0.15) is 9.41 Å². The van der Waals surface area contributed by atoms with E-state index in [2.05, 4.69) is 31.3 Å². The zero-order chi connectivity index (χ0) is 21.2. The molecule has 0 spiro atoms. The topological polar surface area (TPSA) is 114 Å². The van der Waals surface area contributed by atoms with E-state index in [1.54, 1.807) is 0 Å². The maximum absolute atomic E-state index is 13.1. The first kappa shape index (κ1) is 21.7. The van der Waals surface area contributed by atoms with E-state index in [0.717, 1.165) is 31.0 Å². The molecule has 1 aliphatic heterocycles. The molecular weight excluding hydrogens is 396 g/mol. The van der Waals surface area contributed by atoms with Crippen LogP contribution in [0, 0.1) is 21.4 Å². The summed E-state index contributed by atoms with van der Waals surface area (Å²) in [5, 5.41) is 15.7. The highest BCUT2D eigenvalue weighted by atomic mass is 32.2. The molecule has 9 nitrogen and oxygen atoms in total. The van der Waals surface area contributed by atoms with Crippen LogP contribution in [0.3, 0.4) is 0 Å². The van der Waals surface area contributed by atoms with E-state index >= 15 is 0 Å². The minimum Gasteiger partial charge on any atom is -0.379 e. The molecule has 1 aromatic carbocycles. The lowest BCUT2D eigenvalue weighted by molar-refractivity contribution is -0.385. The number of hydrogen-bond donors (Lipinski definition) is 1. The number of non-ortho nitro benzene ring substituents is 1. The molecule has 0 radical (unpaired) electrons. The largest absolute Gasteiger partial charge is 0.379 e. The van der Waals surface area contributed by atoms with Crippen molar-refractivity contribution in [2.45, 2.75) is 44.9 Å². The van der Waals surface area contributed by atoms with Gasteiger partial charge in [0, 0.05) is 30.9 Å². The Kier molecular flexibility index (Phi) is 6.25. The average molecular weight is 425 g/mol. The molecule has 1 aromatic rings. The van der Waals surface area contributed by atoms with Crippen LogP contribution < -0.4 is 5.43 Å². The van der Waals surface area contributed by atoms with E-state index in [0.29, 0.717) is 19.1 Å². The first-order valence-corrected chi connectivity index (χ1v) is 11.2. The third-order valence-corrected chi connectivity index (χ3v) is 7.20. The molecule has 1 saturated heterocycles. The lowest BCUT2D eigenvalue weighted by Gasteiger charge is -2.34. The second-order valence-electron chi connectivity index (χ2n) is 8.60. The van der Waals surface area contributed by atoms with Crippen LogP contribution in [-0.4, -0.2) is 49.7 Å². The molecular formula is C19H28N4O5S. The third kappa shape index (κ3) is 5.12. The second kappa shape index (κ2) is 8.37. The Bertz CT molecular complexity index is 907. The van der Waals surface area contributed by atoms with E-state index < -0.39 is 14.9 Å². The fourth-order valence-corrected chi connectivity index (χ4v) is 5.76. The molecule has 160 valence electrons. The van der Waals surface area contributed by atoms with Crippen LogP contribution in [0.25, 0.3) is 0 Å². The fraction of sp³-hybridized carbons (Fsp3) is 0.632. The molecule has 0 amide bonds. The number of benzene rings is 1. The van der Waals surface area contributed by atoms with Crippen molar-refractivity contribution in [3.63, 3.8) is 0 Å². The van der Waals surface area contributed by atoms with Crippen molar-refractivity contribution in [2.75, 3.05) is 31.7 Å². The highest BCUT2D eigenvalue weighted by Crippen LogP contribution is 2.37. The smallest absolute Gasteiger partial charge is 0.270 e. The molecule has 0 aromatic heterocycles. The number of hydrogen-bond acceptors (Lipinski definition) is 7. The first-order chi connectivity index (χ1) is 13.6. The monoisotopic (exact) mass is 424 g/mol. The summed E-state index contributed by atoms with van der Waals surface area (Å²) in [6, 6.07) is 3.79. The summed E-state index contributed by atoms with van der Waals surface area (Å²) >= 11 is 0. The molecule has 1 aliphatic carbocycles. The summed E-state index contributed by atoms with van der Waals surface area (Å²) in [6.45, 7) is 7.58. The van der Waals surface area contributed by atoms with Gasteiger partial charge in [0.05, 0.1) is 23.8 Å². The molecule has 0 unspecified atom stereocenters. The van der Waals surface area contributed by atoms with Crippen LogP contribution in [0.15, 0.2) is 28.2 Å². The molecule has 1 heterocycles. The number of sulfonamides is 1. The number of morpholine rings is 1. The molecule has 10 heteroatoms. The number of anilines is 1. The minimum absolute atomic E-state index is 0.135. The predicted octanol–water partition coefficient (Wildman–Crippen LogP) is 3.23. The van der Waals surface area contributed by atoms with Gasteiger partial charge in [-0.15, -0.1) is 0 Å². The normalized spacial score (nSPS) is 24.4. The zero-order valence-electron chi connectivity index (χ0n) is 17.1. The molecule has 2 aliphatic rings. The van der Waals surface area contributed by atoms with Gasteiger partial charge >= 0.3 is 0 Å². The highest BCUT2D eigenvalue weighted by Gasteiger charge is 2.32. The number of hydrazone groups is 1. The molecule has 0 bridgehead atoms. The molecule has 3 rings (SSSR count). The van der Waals surface area contributed by atoms with E-state index in [4.69, 9.17) is 4.74 Å². The fourth-order valence-electron chi connectivity index (χ4n) is 4.20. The van der Waals surface area contributed by atoms with Crippen molar-refractivity contribution in [3.05, 3.63) is 28.3 Å². The summed E-state index contributed by atoms with van der Waals surface area (Å²) in [7, 11) is -3.92. The summed E-state index contributed by atoms with van der Waals surface area (Å²) in [5.74, 6) is 0.493. The van der Waals surface area contributed by atoms with Gasteiger partial charge in [0.15, 0.2) is 0 Å². The van der Waals surface area contributed by atoms with Gasteiger partial charge in [0.25, 0.3) is 5.69 Å². The SMILES string of the molecule is C[C@H]1C/C(=N/Nc2ccc([N+](=O)[O-])cc2S(=O)(=O)N2CCOCC2)CC(C)(C)C1. The van der Waals surface area contributed by atoms with Crippen molar-refractivity contribution in [1.29, 1.82) is 0 Å². The maximum Gasteiger partial charge on any atom is 0.270 e. The summed E-state index contributed by atoms with van der Waals surface area (Å²) in [5.41, 5.74) is 3.96. The predicted molar refractivity (Wildman–Crippen MR) is 111 cm³/mol. The Morgan fingerprint density at radius 2 is 2.00 bits per heavy atom. The van der Waals surface area contributed by atoms with Crippen LogP contribution in [0.5, 0.6) is 0 Å². The lowest BCUT2D eigenvalue weighted by Crippen LogP contribution is -2.40. The van der Waals surface area contributed by atoms with Gasteiger partial charge in [-0.3, -0.25) is 15.5 Å². The number of nitrogens with zero attached hydrogens (tertiary/aromatic N) is 3. The Morgan fingerprint density at radius 1 is 1.31 bits per heavy atom. The van der Waals surface area contributed by atoms with Crippen LogP contribution in [0.1, 0.15) is 40.0 Å². The van der Waals surface area contributed by atoms with E-state index in [-0.39, 0.29) is 34.8 Å². The Hall–Kier alpha value is -2.04. The Balaban J connectivity index is 1.94. The number of ether oxygens (including phenoxy) is 1. The van der Waals surface area contributed by atoms with Gasteiger partial charge in [-0.1, -0.05) is 20.8 Å². The van der Waals surface area contributed by atoms with E-state index in [1.807, 2.05) is 0 Å². The van der Waals surface area contributed by atoms with Gasteiger partial charge in [0.2, 0.25) is 10.0 Å². The first-order valence-electron chi connectivity index (χ1n) is 9.76. The maximum atomic E-state index is 13.1. The lowest BCUT2D eigenvalue weighted by atomic mass is 9.72. The number of nitro benzene ring substituents is 1. The summed E-state index contributed by atoms with van der Waals surface area (Å²) in [4.78, 5) is 10.5. The van der Waals surface area contributed by atoms with E-state index in [9.17, 15) is 18.5 Å². The van der Waals surface area contributed by atoms with Gasteiger partial charge in [-0.05, 0) is 36.7 Å². The molecule has 1 atom stereocenters. The highest BCUT2D eigenvalue weighted by molar-refractivity contribution is 7.89. The molecule has 2 fully saturated rings. The molecule has 1 saturated carbocycles. The van der Waals surface area contributed by atoms with Crippen molar-refractivity contribution < 1.29 is 18.1 Å². The van der Waals surface area contributed by atoms with Crippen molar-refractivity contribution in [1.82, 2.24) is 4.31 Å². The van der Waals surface area contributed by atoms with Crippen molar-refractivity contribution in [2.24, 2.45) is 16.4 Å². The summed E-state index contributed by atoms with van der Waals surface area (Å²) < 4.78 is 32.8. The Morgan fingerprint density at radius 3 is 2.62 bits per heavy atom. The van der Waals surface area contributed by atoms with Gasteiger partial charge in [0.1, 0.15) is 4.90 Å². The second-order valence-corrected chi connectivity index (χ2v) is 10.5.